The summed E-state index contributed by atoms with van der Waals surface area (Å²) in [4.78, 5) is 14.4. The second-order valence-electron chi connectivity index (χ2n) is 6.01. The van der Waals surface area contributed by atoms with Gasteiger partial charge in [-0.25, -0.2) is 0 Å². The molecule has 0 aromatic heterocycles. The fourth-order valence-electron chi connectivity index (χ4n) is 2.95. The number of rotatable bonds is 5. The predicted molar refractivity (Wildman–Crippen MR) is 91.0 cm³/mol. The van der Waals surface area contributed by atoms with E-state index in [1.807, 2.05) is 55.5 Å². The molecule has 126 valence electrons. The smallest absolute Gasteiger partial charge is 0.264 e. The second-order valence-corrected chi connectivity index (χ2v) is 7.65. The monoisotopic (exact) mass is 345 g/mol. The number of carbonyl (C=O) groups is 1. The zero-order valence-corrected chi connectivity index (χ0v) is 14.4. The Morgan fingerprint density at radius 2 is 1.88 bits per heavy atom. The maximum absolute atomic E-state index is 12.8. The molecule has 2 aromatic carbocycles. The van der Waals surface area contributed by atoms with Gasteiger partial charge in [0.2, 0.25) is 0 Å². The highest BCUT2D eigenvalue weighted by molar-refractivity contribution is 7.85. The number of carbonyl (C=O) groups excluding carboxylic acids is 1. The average Bonchev–Trinajstić information content (AvgIpc) is 2.84. The van der Waals surface area contributed by atoms with E-state index in [-0.39, 0.29) is 12.5 Å². The molecular formula is C18H19NO4S. The Bertz CT molecular complexity index is 862. The van der Waals surface area contributed by atoms with Crippen molar-refractivity contribution >= 4 is 16.0 Å². The highest BCUT2D eigenvalue weighted by atomic mass is 32.2. The van der Waals surface area contributed by atoms with Crippen molar-refractivity contribution in [1.29, 1.82) is 0 Å². The molecule has 1 heterocycles. The van der Waals surface area contributed by atoms with Crippen LogP contribution in [0, 0.1) is 6.92 Å². The number of aryl methyl sites for hydroxylation is 1. The van der Waals surface area contributed by atoms with E-state index in [1.54, 1.807) is 4.90 Å². The van der Waals surface area contributed by atoms with E-state index in [1.165, 1.54) is 0 Å². The Morgan fingerprint density at radius 3 is 2.54 bits per heavy atom. The van der Waals surface area contributed by atoms with E-state index < -0.39 is 16.2 Å². The summed E-state index contributed by atoms with van der Waals surface area (Å²) in [5, 5.41) is 0. The Morgan fingerprint density at radius 1 is 1.17 bits per heavy atom. The van der Waals surface area contributed by atoms with Gasteiger partial charge in [0.05, 0.1) is 18.9 Å². The molecule has 0 N–H and O–H groups in total. The van der Waals surface area contributed by atoms with Gasteiger partial charge >= 0.3 is 0 Å². The van der Waals surface area contributed by atoms with Crippen molar-refractivity contribution in [3.05, 3.63) is 70.8 Å². The molecule has 3 rings (SSSR count). The number of fused-ring (bicyclic) bond motifs is 1. The van der Waals surface area contributed by atoms with Crippen molar-refractivity contribution in [2.45, 2.75) is 19.5 Å². The molecule has 0 saturated heterocycles. The van der Waals surface area contributed by atoms with Crippen LogP contribution in [0.4, 0.5) is 0 Å². The quantitative estimate of drug-likeness (QED) is 0.782. The SMILES string of the molecule is Cc1ccc2c(c1)CN(C(COS(C)(=O)=O)c1ccccc1)C2=O. The summed E-state index contributed by atoms with van der Waals surface area (Å²) >= 11 is 0. The molecule has 0 aliphatic carbocycles. The summed E-state index contributed by atoms with van der Waals surface area (Å²) in [5.74, 6) is -0.101. The van der Waals surface area contributed by atoms with Gasteiger partial charge in [-0.3, -0.25) is 8.98 Å². The van der Waals surface area contributed by atoms with Crippen LogP contribution in [0.1, 0.15) is 33.1 Å². The Kier molecular flexibility index (Phi) is 4.43. The lowest BCUT2D eigenvalue weighted by Gasteiger charge is -2.27. The van der Waals surface area contributed by atoms with E-state index >= 15 is 0 Å². The molecule has 0 spiro atoms. The molecule has 6 heteroatoms. The van der Waals surface area contributed by atoms with Crippen molar-refractivity contribution in [2.24, 2.45) is 0 Å². The Labute approximate surface area is 142 Å². The maximum Gasteiger partial charge on any atom is 0.264 e. The number of hydrogen-bond donors (Lipinski definition) is 0. The first kappa shape index (κ1) is 16.7. The fourth-order valence-corrected chi connectivity index (χ4v) is 3.33. The van der Waals surface area contributed by atoms with E-state index in [0.29, 0.717) is 12.1 Å². The van der Waals surface area contributed by atoms with Gasteiger partial charge in [0.25, 0.3) is 16.0 Å². The number of hydrogen-bond acceptors (Lipinski definition) is 4. The minimum Gasteiger partial charge on any atom is -0.325 e. The van der Waals surface area contributed by atoms with Gasteiger partial charge in [-0.2, -0.15) is 8.42 Å². The molecule has 0 bridgehead atoms. The van der Waals surface area contributed by atoms with Crippen LogP contribution in [-0.2, 0) is 20.8 Å². The maximum atomic E-state index is 12.8. The van der Waals surface area contributed by atoms with Gasteiger partial charge < -0.3 is 4.90 Å². The normalized spacial score (nSPS) is 15.4. The zero-order valence-electron chi connectivity index (χ0n) is 13.6. The third kappa shape index (κ3) is 3.49. The third-order valence-corrected chi connectivity index (χ3v) is 4.66. The van der Waals surface area contributed by atoms with Crippen LogP contribution in [0.2, 0.25) is 0 Å². The molecule has 1 atom stereocenters. The van der Waals surface area contributed by atoms with Crippen LogP contribution in [-0.4, -0.2) is 32.1 Å². The lowest BCUT2D eigenvalue weighted by atomic mass is 10.1. The Hall–Kier alpha value is -2.18. The topological polar surface area (TPSA) is 63.7 Å². The zero-order chi connectivity index (χ0) is 17.3. The van der Waals surface area contributed by atoms with Gasteiger partial charge in [-0.15, -0.1) is 0 Å². The summed E-state index contributed by atoms with van der Waals surface area (Å²) in [6.07, 6.45) is 1.01. The average molecular weight is 345 g/mol. The van der Waals surface area contributed by atoms with Gasteiger partial charge in [0.1, 0.15) is 0 Å². The lowest BCUT2D eigenvalue weighted by molar-refractivity contribution is 0.0639. The van der Waals surface area contributed by atoms with Crippen LogP contribution in [0.15, 0.2) is 48.5 Å². The number of amides is 1. The fraction of sp³-hybridized carbons (Fsp3) is 0.278. The minimum atomic E-state index is -3.59. The van der Waals surface area contributed by atoms with E-state index in [2.05, 4.69) is 0 Å². The molecule has 1 aliphatic rings. The summed E-state index contributed by atoms with van der Waals surface area (Å²) < 4.78 is 27.8. The largest absolute Gasteiger partial charge is 0.325 e. The molecule has 0 fully saturated rings. The van der Waals surface area contributed by atoms with Crippen molar-refractivity contribution in [3.63, 3.8) is 0 Å². The van der Waals surface area contributed by atoms with Crippen molar-refractivity contribution in [1.82, 2.24) is 4.90 Å². The number of nitrogens with zero attached hydrogens (tertiary/aromatic N) is 1. The van der Waals surface area contributed by atoms with Crippen molar-refractivity contribution in [2.75, 3.05) is 12.9 Å². The third-order valence-electron chi connectivity index (χ3n) is 4.09. The summed E-state index contributed by atoms with van der Waals surface area (Å²) in [6, 6.07) is 14.6. The molecule has 24 heavy (non-hydrogen) atoms. The summed E-state index contributed by atoms with van der Waals surface area (Å²) in [5.41, 5.74) is 3.56. The van der Waals surface area contributed by atoms with Crippen LogP contribution >= 0.6 is 0 Å². The van der Waals surface area contributed by atoms with Crippen LogP contribution in [0.5, 0.6) is 0 Å². The standard InChI is InChI=1S/C18H19NO4S/c1-13-8-9-16-15(10-13)11-19(18(16)20)17(12-23-24(2,21)22)14-6-4-3-5-7-14/h3-10,17H,11-12H2,1-2H3. The van der Waals surface area contributed by atoms with Gasteiger partial charge in [0, 0.05) is 12.1 Å². The van der Waals surface area contributed by atoms with Crippen LogP contribution in [0.25, 0.3) is 0 Å². The van der Waals surface area contributed by atoms with Crippen LogP contribution in [0.3, 0.4) is 0 Å². The molecule has 0 saturated carbocycles. The van der Waals surface area contributed by atoms with E-state index in [0.717, 1.165) is 22.9 Å². The summed E-state index contributed by atoms with van der Waals surface area (Å²) in [7, 11) is -3.59. The predicted octanol–water partition coefficient (Wildman–Crippen LogP) is 2.67. The number of benzene rings is 2. The molecule has 1 unspecified atom stereocenters. The highest BCUT2D eigenvalue weighted by Gasteiger charge is 2.34. The van der Waals surface area contributed by atoms with E-state index in [9.17, 15) is 13.2 Å². The first-order valence-corrected chi connectivity index (χ1v) is 9.46. The molecule has 2 aromatic rings. The van der Waals surface area contributed by atoms with Crippen molar-refractivity contribution < 1.29 is 17.4 Å². The van der Waals surface area contributed by atoms with Crippen molar-refractivity contribution in [3.8, 4) is 0 Å². The van der Waals surface area contributed by atoms with Crippen LogP contribution < -0.4 is 0 Å². The highest BCUT2D eigenvalue weighted by Crippen LogP contribution is 2.32. The second kappa shape index (κ2) is 6.37. The lowest BCUT2D eigenvalue weighted by Crippen LogP contribution is -2.32. The van der Waals surface area contributed by atoms with Gasteiger partial charge in [-0.05, 0) is 24.1 Å². The summed E-state index contributed by atoms with van der Waals surface area (Å²) in [6.45, 7) is 2.33. The van der Waals surface area contributed by atoms with Gasteiger partial charge in [-0.1, -0.05) is 48.0 Å². The molecule has 5 nitrogen and oxygen atoms in total. The van der Waals surface area contributed by atoms with Gasteiger partial charge in [0.15, 0.2) is 0 Å². The Balaban J connectivity index is 1.93. The van der Waals surface area contributed by atoms with E-state index in [4.69, 9.17) is 4.18 Å². The first-order valence-electron chi connectivity index (χ1n) is 7.65. The first-order chi connectivity index (χ1) is 11.3. The molecule has 1 amide bonds. The molecule has 1 aliphatic heterocycles. The minimum absolute atomic E-state index is 0.0957. The molecule has 0 radical (unpaired) electrons. The molecular weight excluding hydrogens is 326 g/mol.